The predicted molar refractivity (Wildman–Crippen MR) is 105 cm³/mol. The van der Waals surface area contributed by atoms with Gasteiger partial charge in [-0.3, -0.25) is 0 Å². The lowest BCUT2D eigenvalue weighted by Gasteiger charge is -2.26. The van der Waals surface area contributed by atoms with Gasteiger partial charge in [-0.05, 0) is 23.8 Å². The van der Waals surface area contributed by atoms with Gasteiger partial charge < -0.3 is 24.4 Å². The normalized spacial score (nSPS) is 14.2. The number of methoxy groups -OCH3 is 1. The van der Waals surface area contributed by atoms with Crippen LogP contribution in [0.3, 0.4) is 0 Å². The Morgan fingerprint density at radius 2 is 1.62 bits per heavy atom. The number of carbonyl (C=O) groups is 2. The summed E-state index contributed by atoms with van der Waals surface area (Å²) in [4.78, 5) is 23.3. The van der Waals surface area contributed by atoms with E-state index in [2.05, 4.69) is 4.74 Å². The van der Waals surface area contributed by atoms with Crippen molar-refractivity contribution in [2.75, 3.05) is 13.7 Å². The van der Waals surface area contributed by atoms with E-state index in [0.717, 1.165) is 17.7 Å². The molecule has 0 bridgehead atoms. The zero-order valence-electron chi connectivity index (χ0n) is 16.0. The van der Waals surface area contributed by atoms with Gasteiger partial charge in [0.1, 0.15) is 24.9 Å². The van der Waals surface area contributed by atoms with Crippen LogP contribution in [-0.2, 0) is 25.6 Å². The minimum absolute atomic E-state index is 0.109. The Labute approximate surface area is 169 Å². The van der Waals surface area contributed by atoms with E-state index in [1.54, 1.807) is 30.3 Å². The van der Waals surface area contributed by atoms with E-state index >= 15 is 0 Å². The lowest BCUT2D eigenvalue weighted by Crippen LogP contribution is -2.42. The molecule has 2 aromatic carbocycles. The fraction of sp³-hybridized carbons (Fsp3) is 0.273. The van der Waals surface area contributed by atoms with Crippen molar-refractivity contribution in [2.24, 2.45) is 0 Å². The first-order chi connectivity index (χ1) is 14.0. The molecule has 0 saturated carbocycles. The van der Waals surface area contributed by atoms with Gasteiger partial charge in [0.25, 0.3) is 0 Å². The zero-order chi connectivity index (χ0) is 21.1. The van der Waals surface area contributed by atoms with Crippen LogP contribution >= 0.6 is 0 Å². The highest BCUT2D eigenvalue weighted by atomic mass is 16.6. The van der Waals surface area contributed by atoms with Crippen LogP contribution in [0.1, 0.15) is 15.9 Å². The maximum atomic E-state index is 12.1. The highest BCUT2D eigenvalue weighted by Gasteiger charge is 2.28. The first-order valence-electron chi connectivity index (χ1n) is 9.01. The van der Waals surface area contributed by atoms with Gasteiger partial charge in [0.15, 0.2) is 0 Å². The third kappa shape index (κ3) is 7.50. The van der Waals surface area contributed by atoms with Crippen molar-refractivity contribution < 1.29 is 34.0 Å². The number of esters is 2. The standard InChI is InChI=1S/C22H24O7/c1-27-20(25)13-12-18(23)21(28-14-16-8-4-2-5-9-16)19(24)15-29-22(26)17-10-6-3-7-11-17/h2-13,18-19,21,23-24H,14-15H2,1H3/b13-12+/t18-,19+,21+/m0/s1. The molecule has 0 aliphatic heterocycles. The van der Waals surface area contributed by atoms with Crippen LogP contribution in [0, 0.1) is 0 Å². The second kappa shape index (κ2) is 11.8. The molecule has 2 rings (SSSR count). The van der Waals surface area contributed by atoms with Gasteiger partial charge in [-0.25, -0.2) is 9.59 Å². The number of hydrogen-bond donors (Lipinski definition) is 2. The monoisotopic (exact) mass is 400 g/mol. The van der Waals surface area contributed by atoms with Crippen molar-refractivity contribution in [3.63, 3.8) is 0 Å². The molecule has 3 atom stereocenters. The molecule has 0 amide bonds. The van der Waals surface area contributed by atoms with Crippen LogP contribution in [0.15, 0.2) is 72.8 Å². The smallest absolute Gasteiger partial charge is 0.338 e. The fourth-order valence-electron chi connectivity index (χ4n) is 2.47. The molecule has 7 nitrogen and oxygen atoms in total. The van der Waals surface area contributed by atoms with Gasteiger partial charge in [-0.15, -0.1) is 0 Å². The molecule has 0 heterocycles. The first kappa shape index (κ1) is 22.3. The van der Waals surface area contributed by atoms with E-state index in [4.69, 9.17) is 9.47 Å². The van der Waals surface area contributed by atoms with Crippen molar-refractivity contribution in [1.29, 1.82) is 0 Å². The summed E-state index contributed by atoms with van der Waals surface area (Å²) in [5.74, 6) is -1.26. The fourth-order valence-corrected chi connectivity index (χ4v) is 2.47. The third-order valence-corrected chi connectivity index (χ3v) is 4.03. The molecular formula is C22H24O7. The SMILES string of the molecule is COC(=O)/C=C/[C@H](O)[C@@H](OCc1ccccc1)[C@H](O)COC(=O)c1ccccc1. The summed E-state index contributed by atoms with van der Waals surface area (Å²) >= 11 is 0. The minimum atomic E-state index is -1.33. The number of benzene rings is 2. The van der Waals surface area contributed by atoms with Crippen LogP contribution in [0.5, 0.6) is 0 Å². The van der Waals surface area contributed by atoms with Gasteiger partial charge in [-0.2, -0.15) is 0 Å². The van der Waals surface area contributed by atoms with Gasteiger partial charge in [0.05, 0.1) is 19.3 Å². The van der Waals surface area contributed by atoms with Crippen molar-refractivity contribution in [3.8, 4) is 0 Å². The van der Waals surface area contributed by atoms with E-state index in [1.165, 1.54) is 7.11 Å². The molecule has 0 radical (unpaired) electrons. The summed E-state index contributed by atoms with van der Waals surface area (Å²) in [6.07, 6.45) is -1.61. The third-order valence-electron chi connectivity index (χ3n) is 4.03. The van der Waals surface area contributed by atoms with Crippen molar-refractivity contribution >= 4 is 11.9 Å². The Balaban J connectivity index is 2.02. The zero-order valence-corrected chi connectivity index (χ0v) is 16.0. The Morgan fingerprint density at radius 1 is 1.00 bits per heavy atom. The summed E-state index contributed by atoms with van der Waals surface area (Å²) in [5, 5.41) is 20.8. The first-order valence-corrected chi connectivity index (χ1v) is 9.01. The molecule has 29 heavy (non-hydrogen) atoms. The lowest BCUT2D eigenvalue weighted by atomic mass is 10.1. The molecule has 0 spiro atoms. The maximum absolute atomic E-state index is 12.1. The van der Waals surface area contributed by atoms with Gasteiger partial charge in [0.2, 0.25) is 0 Å². The van der Waals surface area contributed by atoms with E-state index in [9.17, 15) is 19.8 Å². The molecule has 154 valence electrons. The number of ether oxygens (including phenoxy) is 3. The molecule has 0 unspecified atom stereocenters. The maximum Gasteiger partial charge on any atom is 0.338 e. The summed E-state index contributed by atoms with van der Waals surface area (Å²) in [6, 6.07) is 17.5. The molecule has 2 aromatic rings. The van der Waals surface area contributed by atoms with Crippen molar-refractivity contribution in [3.05, 3.63) is 83.9 Å². The minimum Gasteiger partial charge on any atom is -0.466 e. The molecule has 2 N–H and O–H groups in total. The quantitative estimate of drug-likeness (QED) is 0.464. The molecule has 0 saturated heterocycles. The Kier molecular flexibility index (Phi) is 9.04. The molecule has 7 heteroatoms. The Bertz CT molecular complexity index is 789. The molecule has 0 aliphatic carbocycles. The van der Waals surface area contributed by atoms with Crippen LogP contribution < -0.4 is 0 Å². The molecule has 0 aromatic heterocycles. The lowest BCUT2D eigenvalue weighted by molar-refractivity contribution is -0.135. The topological polar surface area (TPSA) is 102 Å². The number of hydrogen-bond acceptors (Lipinski definition) is 7. The van der Waals surface area contributed by atoms with Crippen LogP contribution in [0.4, 0.5) is 0 Å². The van der Waals surface area contributed by atoms with Crippen molar-refractivity contribution in [1.82, 2.24) is 0 Å². The highest BCUT2D eigenvalue weighted by molar-refractivity contribution is 5.89. The average Bonchev–Trinajstić information content (AvgIpc) is 2.77. The predicted octanol–water partition coefficient (Wildman–Crippen LogP) is 1.88. The van der Waals surface area contributed by atoms with Gasteiger partial charge >= 0.3 is 11.9 Å². The largest absolute Gasteiger partial charge is 0.466 e. The van der Waals surface area contributed by atoms with E-state index in [-0.39, 0.29) is 6.61 Å². The second-order valence-corrected chi connectivity index (χ2v) is 6.17. The van der Waals surface area contributed by atoms with E-state index in [0.29, 0.717) is 5.56 Å². The van der Waals surface area contributed by atoms with E-state index in [1.807, 2.05) is 30.3 Å². The molecule has 0 fully saturated rings. The van der Waals surface area contributed by atoms with Crippen LogP contribution in [0.2, 0.25) is 0 Å². The number of carbonyl (C=O) groups excluding carboxylic acids is 2. The Hall–Kier alpha value is -3.00. The highest BCUT2D eigenvalue weighted by Crippen LogP contribution is 2.13. The van der Waals surface area contributed by atoms with E-state index < -0.39 is 36.9 Å². The summed E-state index contributed by atoms with van der Waals surface area (Å²) < 4.78 is 15.3. The summed E-state index contributed by atoms with van der Waals surface area (Å²) in [5.41, 5.74) is 1.17. The van der Waals surface area contributed by atoms with Crippen LogP contribution in [-0.4, -0.2) is 54.2 Å². The number of aliphatic hydroxyl groups is 2. The number of aliphatic hydroxyl groups excluding tert-OH is 2. The number of rotatable bonds is 10. The average molecular weight is 400 g/mol. The van der Waals surface area contributed by atoms with Gasteiger partial charge in [-0.1, -0.05) is 48.5 Å². The molecular weight excluding hydrogens is 376 g/mol. The summed E-state index contributed by atoms with van der Waals surface area (Å²) in [7, 11) is 1.21. The van der Waals surface area contributed by atoms with Crippen LogP contribution in [0.25, 0.3) is 0 Å². The van der Waals surface area contributed by atoms with Gasteiger partial charge in [0, 0.05) is 6.08 Å². The summed E-state index contributed by atoms with van der Waals surface area (Å²) in [6.45, 7) is -0.283. The molecule has 0 aliphatic rings. The van der Waals surface area contributed by atoms with Crippen molar-refractivity contribution in [2.45, 2.75) is 24.9 Å². The Morgan fingerprint density at radius 3 is 2.24 bits per heavy atom. The second-order valence-electron chi connectivity index (χ2n) is 6.17.